The molecular weight excluding hydrogens is 284 g/mol. The van der Waals surface area contributed by atoms with E-state index in [1.165, 1.54) is 18.2 Å². The predicted octanol–water partition coefficient (Wildman–Crippen LogP) is -0.600. The van der Waals surface area contributed by atoms with E-state index < -0.39 is 16.1 Å². The molecule has 3 N–H and O–H groups in total. The zero-order valence-corrected chi connectivity index (χ0v) is 11.8. The minimum absolute atomic E-state index is 0.0142. The highest BCUT2D eigenvalue weighted by atomic mass is 32.2. The van der Waals surface area contributed by atoms with Crippen LogP contribution in [0, 0.1) is 0 Å². The molecule has 0 radical (unpaired) electrons. The maximum absolute atomic E-state index is 11.8. The topological polar surface area (TPSA) is 108 Å². The summed E-state index contributed by atoms with van der Waals surface area (Å²) in [5, 5.41) is 7.74. The van der Waals surface area contributed by atoms with Gasteiger partial charge >= 0.3 is 0 Å². The van der Waals surface area contributed by atoms with E-state index in [-0.39, 0.29) is 10.8 Å². The number of ether oxygens (including phenoxy) is 2. The number of methoxy groups -OCH3 is 1. The van der Waals surface area contributed by atoms with Gasteiger partial charge in [-0.2, -0.15) is 0 Å². The van der Waals surface area contributed by atoms with Gasteiger partial charge in [-0.3, -0.25) is 4.79 Å². The van der Waals surface area contributed by atoms with Crippen LogP contribution in [0.5, 0.6) is 5.75 Å². The number of hydrogen-bond donors (Lipinski definition) is 2. The van der Waals surface area contributed by atoms with Crippen LogP contribution in [0.4, 0.5) is 0 Å². The van der Waals surface area contributed by atoms with Gasteiger partial charge in [0.05, 0.1) is 11.5 Å². The molecule has 0 bridgehead atoms. The van der Waals surface area contributed by atoms with Crippen LogP contribution in [0.25, 0.3) is 0 Å². The molecule has 0 saturated carbocycles. The van der Waals surface area contributed by atoms with Crippen molar-refractivity contribution in [2.24, 2.45) is 5.14 Å². The maximum atomic E-state index is 11.8. The summed E-state index contributed by atoms with van der Waals surface area (Å²) in [5.41, 5.74) is 0.656. The minimum Gasteiger partial charge on any atom is -0.480 e. The Morgan fingerprint density at radius 3 is 2.95 bits per heavy atom. The van der Waals surface area contributed by atoms with Gasteiger partial charge < -0.3 is 14.8 Å². The lowest BCUT2D eigenvalue weighted by molar-refractivity contribution is -0.127. The van der Waals surface area contributed by atoms with Crippen LogP contribution < -0.4 is 15.2 Å². The lowest BCUT2D eigenvalue weighted by atomic mass is 10.1. The lowest BCUT2D eigenvalue weighted by Crippen LogP contribution is -2.38. The highest BCUT2D eigenvalue weighted by molar-refractivity contribution is 7.89. The number of nitrogens with two attached hydrogens (primary N) is 1. The smallest absolute Gasteiger partial charge is 0.261 e. The second kappa shape index (κ2) is 5.78. The monoisotopic (exact) mass is 300 g/mol. The fraction of sp³-hybridized carbons (Fsp3) is 0.417. The Morgan fingerprint density at radius 2 is 2.30 bits per heavy atom. The molecule has 110 valence electrons. The van der Waals surface area contributed by atoms with Gasteiger partial charge in [0, 0.05) is 20.1 Å². The molecule has 1 unspecified atom stereocenters. The van der Waals surface area contributed by atoms with Gasteiger partial charge in [0.2, 0.25) is 10.0 Å². The molecule has 1 aromatic rings. The van der Waals surface area contributed by atoms with Crippen LogP contribution in [0.2, 0.25) is 0 Å². The van der Waals surface area contributed by atoms with Crippen LogP contribution in [-0.2, 0) is 26.0 Å². The van der Waals surface area contributed by atoms with Crippen LogP contribution in [0.3, 0.4) is 0 Å². The molecule has 0 spiro atoms. The summed E-state index contributed by atoms with van der Waals surface area (Å²) in [6.45, 7) is 0.814. The molecule has 1 aromatic carbocycles. The highest BCUT2D eigenvalue weighted by Crippen LogP contribution is 2.30. The number of primary sulfonamides is 1. The third-order valence-corrected chi connectivity index (χ3v) is 3.84. The van der Waals surface area contributed by atoms with Gasteiger partial charge in [-0.05, 0) is 23.8 Å². The first-order chi connectivity index (χ1) is 9.41. The Morgan fingerprint density at radius 1 is 1.55 bits per heavy atom. The Labute approximate surface area is 117 Å². The summed E-state index contributed by atoms with van der Waals surface area (Å²) in [7, 11) is -2.21. The van der Waals surface area contributed by atoms with Gasteiger partial charge in [-0.15, -0.1) is 0 Å². The highest BCUT2D eigenvalue weighted by Gasteiger charge is 2.29. The van der Waals surface area contributed by atoms with Crippen LogP contribution >= 0.6 is 0 Å². The molecule has 0 fully saturated rings. The second-order valence-corrected chi connectivity index (χ2v) is 5.97. The minimum atomic E-state index is -3.75. The van der Waals surface area contributed by atoms with E-state index in [0.29, 0.717) is 30.9 Å². The summed E-state index contributed by atoms with van der Waals surface area (Å²) in [6, 6.07) is 4.31. The molecule has 8 heteroatoms. The Bertz CT molecular complexity index is 614. The number of fused-ring (bicyclic) bond motifs is 1. The summed E-state index contributed by atoms with van der Waals surface area (Å²) >= 11 is 0. The Balaban J connectivity index is 2.06. The van der Waals surface area contributed by atoms with Crippen LogP contribution in [-0.4, -0.2) is 40.7 Å². The number of sulfonamides is 1. The zero-order chi connectivity index (χ0) is 14.8. The maximum Gasteiger partial charge on any atom is 0.261 e. The van der Waals surface area contributed by atoms with Crippen molar-refractivity contribution in [1.82, 2.24) is 5.32 Å². The SMILES string of the molecule is COCCNC(=O)C1Cc2cc(S(N)(=O)=O)ccc2O1. The Kier molecular flexibility index (Phi) is 4.26. The molecule has 2 rings (SSSR count). The zero-order valence-electron chi connectivity index (χ0n) is 11.0. The first kappa shape index (κ1) is 14.8. The normalized spacial score (nSPS) is 17.4. The van der Waals surface area contributed by atoms with Crippen molar-refractivity contribution in [3.05, 3.63) is 23.8 Å². The lowest BCUT2D eigenvalue weighted by Gasteiger charge is -2.10. The molecule has 1 amide bonds. The van der Waals surface area contributed by atoms with Crippen LogP contribution in [0.15, 0.2) is 23.1 Å². The van der Waals surface area contributed by atoms with E-state index in [9.17, 15) is 13.2 Å². The number of amides is 1. The third kappa shape index (κ3) is 3.27. The molecule has 0 saturated heterocycles. The summed E-state index contributed by atoms with van der Waals surface area (Å²) in [5.74, 6) is 0.250. The molecule has 1 aliphatic rings. The summed E-state index contributed by atoms with van der Waals surface area (Å²) < 4.78 is 32.8. The third-order valence-electron chi connectivity index (χ3n) is 2.93. The fourth-order valence-corrected chi connectivity index (χ4v) is 2.50. The van der Waals surface area contributed by atoms with Gasteiger partial charge in [0.1, 0.15) is 5.75 Å². The first-order valence-corrected chi connectivity index (χ1v) is 7.55. The molecule has 0 aromatic heterocycles. The standard InChI is InChI=1S/C12H16N2O5S/c1-18-5-4-14-12(15)11-7-8-6-9(20(13,16)17)2-3-10(8)19-11/h2-3,6,11H,4-5,7H2,1H3,(H,14,15)(H2,13,16,17). The number of hydrogen-bond acceptors (Lipinski definition) is 5. The first-order valence-electron chi connectivity index (χ1n) is 6.01. The van der Waals surface area contributed by atoms with Gasteiger partial charge in [0.15, 0.2) is 6.10 Å². The van der Waals surface area contributed by atoms with Gasteiger partial charge in [-0.25, -0.2) is 13.6 Å². The van der Waals surface area contributed by atoms with Crippen molar-refractivity contribution in [1.29, 1.82) is 0 Å². The molecule has 1 atom stereocenters. The van der Waals surface area contributed by atoms with Crippen molar-refractivity contribution < 1.29 is 22.7 Å². The molecule has 1 heterocycles. The molecule has 1 aliphatic heterocycles. The average Bonchev–Trinajstić information content (AvgIpc) is 2.80. The van der Waals surface area contributed by atoms with Crippen molar-refractivity contribution in [3.63, 3.8) is 0 Å². The molecule has 7 nitrogen and oxygen atoms in total. The largest absolute Gasteiger partial charge is 0.480 e. The fourth-order valence-electron chi connectivity index (χ4n) is 1.94. The van der Waals surface area contributed by atoms with E-state index in [1.807, 2.05) is 0 Å². The van der Waals surface area contributed by atoms with Gasteiger partial charge in [-0.1, -0.05) is 0 Å². The van der Waals surface area contributed by atoms with Gasteiger partial charge in [0.25, 0.3) is 5.91 Å². The van der Waals surface area contributed by atoms with Crippen molar-refractivity contribution in [2.75, 3.05) is 20.3 Å². The van der Waals surface area contributed by atoms with Crippen molar-refractivity contribution >= 4 is 15.9 Å². The predicted molar refractivity (Wildman–Crippen MR) is 70.8 cm³/mol. The number of nitrogens with one attached hydrogen (secondary N) is 1. The van der Waals surface area contributed by atoms with E-state index in [1.54, 1.807) is 7.11 Å². The number of carbonyl (C=O) groups is 1. The summed E-state index contributed by atoms with van der Waals surface area (Å²) in [4.78, 5) is 11.9. The van der Waals surface area contributed by atoms with Crippen LogP contribution in [0.1, 0.15) is 5.56 Å². The van der Waals surface area contributed by atoms with Crippen molar-refractivity contribution in [3.8, 4) is 5.75 Å². The van der Waals surface area contributed by atoms with E-state index in [4.69, 9.17) is 14.6 Å². The average molecular weight is 300 g/mol. The van der Waals surface area contributed by atoms with E-state index in [0.717, 1.165) is 0 Å². The second-order valence-electron chi connectivity index (χ2n) is 4.41. The van der Waals surface area contributed by atoms with E-state index in [2.05, 4.69) is 5.32 Å². The quantitative estimate of drug-likeness (QED) is 0.706. The molecule has 0 aliphatic carbocycles. The number of benzene rings is 1. The van der Waals surface area contributed by atoms with E-state index >= 15 is 0 Å². The molecular formula is C12H16N2O5S. The number of rotatable bonds is 5. The Hall–Kier alpha value is -1.64. The molecule has 20 heavy (non-hydrogen) atoms. The number of carbonyl (C=O) groups excluding carboxylic acids is 1. The summed E-state index contributed by atoms with van der Waals surface area (Å²) in [6.07, 6.45) is -0.338. The van der Waals surface area contributed by atoms with Crippen molar-refractivity contribution in [2.45, 2.75) is 17.4 Å².